The minimum atomic E-state index is -4.12. The molecule has 1 aliphatic carbocycles. The van der Waals surface area contributed by atoms with Gasteiger partial charge in [-0.2, -0.15) is 0 Å². The van der Waals surface area contributed by atoms with Crippen molar-refractivity contribution >= 4 is 49.7 Å². The van der Waals surface area contributed by atoms with Gasteiger partial charge in [-0.3, -0.25) is 4.31 Å². The van der Waals surface area contributed by atoms with Crippen LogP contribution < -0.4 is 14.4 Å². The molecule has 0 spiro atoms. The molecule has 2 aromatic rings. The number of aliphatic hydroxyl groups excluding tert-OH is 2. The molecule has 0 amide bonds. The molecule has 1 fully saturated rings. The van der Waals surface area contributed by atoms with Gasteiger partial charge in [0.15, 0.2) is 11.6 Å². The fourth-order valence-electron chi connectivity index (χ4n) is 2.95. The van der Waals surface area contributed by atoms with Crippen molar-refractivity contribution in [3.8, 4) is 5.75 Å². The Labute approximate surface area is 191 Å². The Morgan fingerprint density at radius 3 is 2.48 bits per heavy atom. The van der Waals surface area contributed by atoms with Crippen LogP contribution in [0.5, 0.6) is 5.75 Å². The fourth-order valence-corrected chi connectivity index (χ4v) is 5.31. The van der Waals surface area contributed by atoms with Crippen molar-refractivity contribution < 1.29 is 36.5 Å². The molecule has 1 aliphatic rings. The van der Waals surface area contributed by atoms with Gasteiger partial charge in [0, 0.05) is 9.64 Å². The summed E-state index contributed by atoms with van der Waals surface area (Å²) in [6, 6.07) is 4.64. The van der Waals surface area contributed by atoms with Gasteiger partial charge in [-0.15, -0.1) is 0 Å². The number of nitrogens with one attached hydrogen (secondary N) is 1. The zero-order valence-corrected chi connectivity index (χ0v) is 19.3. The summed E-state index contributed by atoms with van der Waals surface area (Å²) in [4.78, 5) is 0. The van der Waals surface area contributed by atoms with Crippen molar-refractivity contribution in [3.05, 3.63) is 45.3 Å². The summed E-state index contributed by atoms with van der Waals surface area (Å²) in [5, 5.41) is 20.8. The summed E-state index contributed by atoms with van der Waals surface area (Å²) in [7, 11) is -2.99. The predicted molar refractivity (Wildman–Crippen MR) is 118 cm³/mol. The quantitative estimate of drug-likeness (QED) is 0.400. The van der Waals surface area contributed by atoms with Gasteiger partial charge in [0.2, 0.25) is 10.0 Å². The number of hydrogen-bond acceptors (Lipinski definition) is 6. The highest BCUT2D eigenvalue weighted by Gasteiger charge is 2.43. The Morgan fingerprint density at radius 2 is 1.94 bits per heavy atom. The molecule has 7 nitrogen and oxygen atoms in total. The van der Waals surface area contributed by atoms with Crippen LogP contribution >= 0.6 is 22.6 Å². The van der Waals surface area contributed by atoms with Gasteiger partial charge in [0.05, 0.1) is 37.3 Å². The average Bonchev–Trinajstić information content (AvgIpc) is 3.57. The molecule has 0 bridgehead atoms. The molecule has 0 radical (unpaired) electrons. The number of anilines is 3. The van der Waals surface area contributed by atoms with Crippen molar-refractivity contribution in [2.45, 2.75) is 24.2 Å². The lowest BCUT2D eigenvalue weighted by Crippen LogP contribution is -2.41. The van der Waals surface area contributed by atoms with Gasteiger partial charge in [-0.1, -0.05) is 0 Å². The second-order valence-corrected chi connectivity index (χ2v) is 10.3. The monoisotopic (exact) mass is 572 g/mol. The summed E-state index contributed by atoms with van der Waals surface area (Å²) < 4.78 is 76.1. The van der Waals surface area contributed by atoms with Gasteiger partial charge in [0.25, 0.3) is 0 Å². The van der Waals surface area contributed by atoms with Crippen molar-refractivity contribution in [1.29, 1.82) is 0 Å². The summed E-state index contributed by atoms with van der Waals surface area (Å²) in [6.07, 6.45) is -0.794. The van der Waals surface area contributed by atoms with Gasteiger partial charge in [-0.05, 0) is 53.6 Å². The summed E-state index contributed by atoms with van der Waals surface area (Å²) in [5.41, 5.74) is -1.33. The lowest BCUT2D eigenvalue weighted by atomic mass is 10.2. The lowest BCUT2D eigenvalue weighted by Gasteiger charge is -2.30. The van der Waals surface area contributed by atoms with E-state index in [0.717, 1.165) is 13.2 Å². The number of halogens is 4. The molecular weight excluding hydrogens is 552 g/mol. The Balaban J connectivity index is 2.23. The first-order chi connectivity index (χ1) is 14.6. The zero-order valence-electron chi connectivity index (χ0n) is 16.3. The summed E-state index contributed by atoms with van der Waals surface area (Å²) >= 11 is 1.87. The molecule has 0 aromatic heterocycles. The molecule has 0 heterocycles. The van der Waals surface area contributed by atoms with Crippen LogP contribution in [0.2, 0.25) is 0 Å². The molecule has 31 heavy (non-hydrogen) atoms. The highest BCUT2D eigenvalue weighted by molar-refractivity contribution is 14.1. The third-order valence-corrected chi connectivity index (χ3v) is 7.59. The second-order valence-electron chi connectivity index (χ2n) is 6.96. The fraction of sp³-hybridized carbons (Fsp3) is 0.368. The van der Waals surface area contributed by atoms with E-state index in [1.807, 2.05) is 22.6 Å². The largest absolute Gasteiger partial charge is 0.494 e. The van der Waals surface area contributed by atoms with Crippen molar-refractivity contribution in [2.24, 2.45) is 0 Å². The molecule has 0 unspecified atom stereocenters. The molecule has 3 N–H and O–H groups in total. The number of ether oxygens (including phenoxy) is 1. The first-order valence-corrected chi connectivity index (χ1v) is 11.8. The van der Waals surface area contributed by atoms with Crippen molar-refractivity contribution in [2.75, 3.05) is 29.9 Å². The second kappa shape index (κ2) is 9.38. The molecule has 3 rings (SSSR count). The van der Waals surface area contributed by atoms with E-state index in [0.29, 0.717) is 26.8 Å². The summed E-state index contributed by atoms with van der Waals surface area (Å²) in [5.74, 6) is -3.92. The minimum Gasteiger partial charge on any atom is -0.494 e. The normalized spacial score (nSPS) is 14.9. The molecule has 1 atom stereocenters. The highest BCUT2D eigenvalue weighted by Crippen LogP contribution is 2.45. The average molecular weight is 572 g/mol. The maximum Gasteiger partial charge on any atom is 0.238 e. The van der Waals surface area contributed by atoms with Crippen LogP contribution in [-0.4, -0.2) is 50.2 Å². The van der Waals surface area contributed by atoms with E-state index in [-0.39, 0.29) is 11.4 Å². The van der Waals surface area contributed by atoms with Crippen LogP contribution in [0.15, 0.2) is 24.3 Å². The summed E-state index contributed by atoms with van der Waals surface area (Å²) in [6.45, 7) is -1.40. The number of methoxy groups -OCH3 is 1. The van der Waals surface area contributed by atoms with E-state index in [1.54, 1.807) is 0 Å². The highest BCUT2D eigenvalue weighted by atomic mass is 127. The van der Waals surface area contributed by atoms with Crippen LogP contribution in [0, 0.1) is 21.0 Å². The number of rotatable bonds is 9. The molecule has 0 aliphatic heterocycles. The molecule has 0 saturated heterocycles. The Bertz CT molecular complexity index is 1080. The van der Waals surface area contributed by atoms with E-state index in [9.17, 15) is 31.8 Å². The van der Waals surface area contributed by atoms with Gasteiger partial charge in [-0.25, -0.2) is 21.6 Å². The topological polar surface area (TPSA) is 99.1 Å². The molecule has 170 valence electrons. The number of aliphatic hydroxyl groups is 2. The van der Waals surface area contributed by atoms with E-state index in [1.165, 1.54) is 12.1 Å². The van der Waals surface area contributed by atoms with E-state index < -0.39 is 63.4 Å². The molecule has 2 aromatic carbocycles. The van der Waals surface area contributed by atoms with E-state index in [2.05, 4.69) is 5.32 Å². The number of hydrogen-bond donors (Lipinski definition) is 3. The zero-order chi connectivity index (χ0) is 22.9. The number of nitrogens with zero attached hydrogens (tertiary/aromatic N) is 1. The minimum absolute atomic E-state index is 0.223. The van der Waals surface area contributed by atoms with Crippen LogP contribution in [-0.2, 0) is 10.0 Å². The van der Waals surface area contributed by atoms with Crippen molar-refractivity contribution in [3.63, 3.8) is 0 Å². The van der Waals surface area contributed by atoms with Gasteiger partial charge in [0.1, 0.15) is 22.9 Å². The lowest BCUT2D eigenvalue weighted by molar-refractivity contribution is 0.102. The Hall–Kier alpha value is -1.77. The third kappa shape index (κ3) is 5.02. The first kappa shape index (κ1) is 23.9. The van der Waals surface area contributed by atoms with Crippen LogP contribution in [0.4, 0.5) is 30.2 Å². The molecule has 12 heteroatoms. The maximum absolute atomic E-state index is 14.9. The standard InChI is InChI=1S/C19H20F3IN2O5S/c1-30-16-7-14(21)17(22)18(24-15-5-2-10(23)6-13(15)20)19(16)25(8-11(27)9-26)31(28,29)12-3-4-12/h2,5-7,11-12,24,26-27H,3-4,8-9H2,1H3/t11-/m1/s1. The number of benzene rings is 2. The predicted octanol–water partition coefficient (Wildman–Crippen LogP) is 3.11. The smallest absolute Gasteiger partial charge is 0.238 e. The maximum atomic E-state index is 14.9. The Kier molecular flexibility index (Phi) is 7.23. The van der Waals surface area contributed by atoms with Crippen LogP contribution in [0.25, 0.3) is 0 Å². The van der Waals surface area contributed by atoms with Crippen molar-refractivity contribution in [1.82, 2.24) is 0 Å². The molecule has 1 saturated carbocycles. The van der Waals surface area contributed by atoms with Gasteiger partial charge < -0.3 is 20.3 Å². The van der Waals surface area contributed by atoms with Crippen LogP contribution in [0.3, 0.4) is 0 Å². The van der Waals surface area contributed by atoms with Gasteiger partial charge >= 0.3 is 0 Å². The van der Waals surface area contributed by atoms with E-state index >= 15 is 0 Å². The SMILES string of the molecule is COc1cc(F)c(F)c(Nc2ccc(I)cc2F)c1N(C[C@@H](O)CO)S(=O)(=O)C1CC1. The third-order valence-electron chi connectivity index (χ3n) is 4.66. The Morgan fingerprint density at radius 1 is 1.26 bits per heavy atom. The first-order valence-electron chi connectivity index (χ1n) is 9.18. The van der Waals surface area contributed by atoms with E-state index in [4.69, 9.17) is 4.74 Å². The van der Waals surface area contributed by atoms with Crippen LogP contribution in [0.1, 0.15) is 12.8 Å². The number of sulfonamides is 1. The molecular formula is C19H20F3IN2O5S.